The summed E-state index contributed by atoms with van der Waals surface area (Å²) in [5, 5.41) is 16.6. The molecule has 12 heavy (non-hydrogen) atoms. The van der Waals surface area contributed by atoms with Crippen LogP contribution in [0.3, 0.4) is 0 Å². The molecular weight excluding hydrogens is 180 g/mol. The predicted octanol–water partition coefficient (Wildman–Crippen LogP) is 1.04. The van der Waals surface area contributed by atoms with E-state index >= 15 is 0 Å². The Balaban J connectivity index is 3.25. The van der Waals surface area contributed by atoms with Crippen molar-refractivity contribution in [2.45, 2.75) is 0 Å². The zero-order valence-corrected chi connectivity index (χ0v) is 6.54. The first-order valence-corrected chi connectivity index (χ1v) is 3.33. The largest absolute Gasteiger partial charge is 0.505 e. The normalized spacial score (nSPS) is 9.00. The average molecular weight is 183 g/mol. The van der Waals surface area contributed by atoms with E-state index in [4.69, 9.17) is 22.0 Å². The summed E-state index contributed by atoms with van der Waals surface area (Å²) in [6.45, 7) is 0. The van der Waals surface area contributed by atoms with Crippen LogP contribution in [0.5, 0.6) is 5.75 Å². The molecule has 0 amide bonds. The second-order valence-electron chi connectivity index (χ2n) is 1.95. The van der Waals surface area contributed by atoms with Gasteiger partial charge in [0, 0.05) is 0 Å². The topological polar surface area (TPSA) is 74.0 Å². The molecule has 0 saturated heterocycles. The molecule has 4 nitrogen and oxygen atoms in total. The first-order valence-electron chi connectivity index (χ1n) is 2.95. The molecule has 5 heteroatoms. The lowest BCUT2D eigenvalue weighted by Crippen LogP contribution is -1.95. The number of hydrogen-bond acceptors (Lipinski definition) is 4. The molecule has 1 aromatic rings. The van der Waals surface area contributed by atoms with Crippen molar-refractivity contribution in [3.05, 3.63) is 23.5 Å². The summed E-state index contributed by atoms with van der Waals surface area (Å²) >= 11 is 5.09. The van der Waals surface area contributed by atoms with Crippen LogP contribution < -0.4 is 0 Å². The summed E-state index contributed by atoms with van der Waals surface area (Å²) in [4.78, 5) is 14.0. The third-order valence-electron chi connectivity index (χ3n) is 1.18. The summed E-state index contributed by atoms with van der Waals surface area (Å²) in [5.74, 6) is -0.265. The Hall–Kier alpha value is -1.60. The summed E-state index contributed by atoms with van der Waals surface area (Å²) in [6, 6.07) is 4.06. The highest BCUT2D eigenvalue weighted by Gasteiger charge is 2.07. The molecule has 0 fully saturated rings. The van der Waals surface area contributed by atoms with Gasteiger partial charge in [-0.2, -0.15) is 5.26 Å². The minimum Gasteiger partial charge on any atom is -0.505 e. The van der Waals surface area contributed by atoms with Gasteiger partial charge in [-0.25, -0.2) is 4.98 Å². The molecule has 0 unspecified atom stereocenters. The molecule has 0 spiro atoms. The third kappa shape index (κ3) is 1.52. The SMILES string of the molecule is N#Cc1nc(C(=O)Cl)ccc1O. The van der Waals surface area contributed by atoms with Gasteiger partial charge in [0.25, 0.3) is 5.24 Å². The van der Waals surface area contributed by atoms with Gasteiger partial charge in [-0.05, 0) is 23.7 Å². The fraction of sp³-hybridized carbons (Fsp3) is 0. The van der Waals surface area contributed by atoms with Crippen LogP contribution >= 0.6 is 11.6 Å². The number of aromatic hydroxyl groups is 1. The smallest absolute Gasteiger partial charge is 0.270 e. The highest BCUT2D eigenvalue weighted by atomic mass is 35.5. The van der Waals surface area contributed by atoms with Crippen molar-refractivity contribution in [1.29, 1.82) is 5.26 Å². The maximum atomic E-state index is 10.5. The third-order valence-corrected chi connectivity index (χ3v) is 1.37. The van der Waals surface area contributed by atoms with Gasteiger partial charge >= 0.3 is 0 Å². The molecule has 0 bridgehead atoms. The molecule has 0 aliphatic rings. The highest BCUT2D eigenvalue weighted by Crippen LogP contribution is 2.14. The molecule has 0 aliphatic carbocycles. The Bertz CT molecular complexity index is 370. The van der Waals surface area contributed by atoms with E-state index in [1.165, 1.54) is 12.1 Å². The van der Waals surface area contributed by atoms with E-state index < -0.39 is 5.24 Å². The second-order valence-corrected chi connectivity index (χ2v) is 2.29. The molecule has 1 heterocycles. The van der Waals surface area contributed by atoms with Crippen molar-refractivity contribution < 1.29 is 9.90 Å². The summed E-state index contributed by atoms with van der Waals surface area (Å²) in [5.41, 5.74) is -0.257. The quantitative estimate of drug-likeness (QED) is 0.659. The molecular formula is C7H3ClN2O2. The Labute approximate surface area is 73.0 Å². The van der Waals surface area contributed by atoms with Crippen molar-refractivity contribution in [3.63, 3.8) is 0 Å². The molecule has 1 N–H and O–H groups in total. The molecule has 1 rings (SSSR count). The number of carbonyl (C=O) groups is 1. The van der Waals surface area contributed by atoms with Gasteiger partial charge in [0.15, 0.2) is 11.4 Å². The zero-order chi connectivity index (χ0) is 9.14. The molecule has 0 atom stereocenters. The van der Waals surface area contributed by atoms with E-state index in [-0.39, 0.29) is 17.1 Å². The van der Waals surface area contributed by atoms with Crippen LogP contribution in [0.2, 0.25) is 0 Å². The highest BCUT2D eigenvalue weighted by molar-refractivity contribution is 6.67. The lowest BCUT2D eigenvalue weighted by Gasteiger charge is -1.95. The molecule has 1 aromatic heterocycles. The average Bonchev–Trinajstić information content (AvgIpc) is 2.05. The van der Waals surface area contributed by atoms with Gasteiger partial charge in [-0.1, -0.05) is 0 Å². The van der Waals surface area contributed by atoms with Crippen LogP contribution in [0.25, 0.3) is 0 Å². The van der Waals surface area contributed by atoms with Gasteiger partial charge in [0.1, 0.15) is 11.8 Å². The van der Waals surface area contributed by atoms with Crippen molar-refractivity contribution in [3.8, 4) is 11.8 Å². The van der Waals surface area contributed by atoms with Crippen LogP contribution in [0.1, 0.15) is 16.2 Å². The van der Waals surface area contributed by atoms with Crippen LogP contribution in [0.15, 0.2) is 12.1 Å². The van der Waals surface area contributed by atoms with E-state index in [1.807, 2.05) is 0 Å². The van der Waals surface area contributed by atoms with E-state index in [0.29, 0.717) is 0 Å². The van der Waals surface area contributed by atoms with Crippen LogP contribution in [-0.4, -0.2) is 15.3 Å². The summed E-state index contributed by atoms with van der Waals surface area (Å²) in [7, 11) is 0. The standard InChI is InChI=1S/C7H3ClN2O2/c8-7(12)4-1-2-6(11)5(3-9)10-4/h1-2,11H. The lowest BCUT2D eigenvalue weighted by molar-refractivity contribution is 0.107. The van der Waals surface area contributed by atoms with Gasteiger partial charge in [-0.15, -0.1) is 0 Å². The van der Waals surface area contributed by atoms with Crippen molar-refractivity contribution >= 4 is 16.8 Å². The van der Waals surface area contributed by atoms with Gasteiger partial charge in [0.2, 0.25) is 0 Å². The lowest BCUT2D eigenvalue weighted by atomic mass is 10.3. The van der Waals surface area contributed by atoms with Crippen LogP contribution in [0, 0.1) is 11.3 Å². The number of halogens is 1. The maximum Gasteiger partial charge on any atom is 0.270 e. The minimum absolute atomic E-state index is 0.0500. The van der Waals surface area contributed by atoms with Crippen LogP contribution in [-0.2, 0) is 0 Å². The molecule has 0 radical (unpaired) electrons. The number of aromatic nitrogens is 1. The summed E-state index contributed by atoms with van der Waals surface area (Å²) < 4.78 is 0. The predicted molar refractivity (Wildman–Crippen MR) is 40.8 cm³/mol. The van der Waals surface area contributed by atoms with Crippen LogP contribution in [0.4, 0.5) is 0 Å². The number of rotatable bonds is 1. The Morgan fingerprint density at radius 1 is 1.67 bits per heavy atom. The van der Waals surface area contributed by atoms with E-state index in [2.05, 4.69) is 4.98 Å². The zero-order valence-electron chi connectivity index (χ0n) is 5.78. The first-order chi connectivity index (χ1) is 5.65. The maximum absolute atomic E-state index is 10.5. The Morgan fingerprint density at radius 3 is 2.83 bits per heavy atom. The molecule has 60 valence electrons. The Kier molecular flexibility index (Phi) is 2.26. The molecule has 0 aliphatic heterocycles. The number of nitriles is 1. The summed E-state index contributed by atoms with van der Waals surface area (Å²) in [6.07, 6.45) is 0. The van der Waals surface area contributed by atoms with Crippen molar-refractivity contribution in [2.75, 3.05) is 0 Å². The van der Waals surface area contributed by atoms with E-state index in [1.54, 1.807) is 6.07 Å². The van der Waals surface area contributed by atoms with Gasteiger partial charge in [-0.3, -0.25) is 4.79 Å². The number of pyridine rings is 1. The second kappa shape index (κ2) is 3.20. The molecule has 0 saturated carbocycles. The minimum atomic E-state index is -0.758. The van der Waals surface area contributed by atoms with E-state index in [9.17, 15) is 4.79 Å². The fourth-order valence-corrected chi connectivity index (χ4v) is 0.749. The number of carbonyl (C=O) groups excluding carboxylic acids is 1. The monoisotopic (exact) mass is 182 g/mol. The Morgan fingerprint density at radius 2 is 2.33 bits per heavy atom. The van der Waals surface area contributed by atoms with Gasteiger partial charge < -0.3 is 5.11 Å². The molecule has 0 aromatic carbocycles. The first kappa shape index (κ1) is 8.50. The number of nitrogens with zero attached hydrogens (tertiary/aromatic N) is 2. The van der Waals surface area contributed by atoms with Gasteiger partial charge in [0.05, 0.1) is 0 Å². The van der Waals surface area contributed by atoms with Crippen molar-refractivity contribution in [1.82, 2.24) is 4.98 Å². The fourth-order valence-electron chi connectivity index (χ4n) is 0.644. The van der Waals surface area contributed by atoms with E-state index in [0.717, 1.165) is 0 Å². The number of hydrogen-bond donors (Lipinski definition) is 1. The van der Waals surface area contributed by atoms with Crippen molar-refractivity contribution in [2.24, 2.45) is 0 Å².